The molecule has 2 rings (SSSR count). The van der Waals surface area contributed by atoms with Crippen LogP contribution in [0.15, 0.2) is 12.1 Å². The lowest BCUT2D eigenvalue weighted by atomic mass is 9.99. The van der Waals surface area contributed by atoms with E-state index in [0.29, 0.717) is 5.92 Å². The number of carbonyl (C=O) groups is 1. The van der Waals surface area contributed by atoms with Crippen LogP contribution in [0.2, 0.25) is 0 Å². The molecule has 1 aliphatic rings. The molecule has 5 heteroatoms. The predicted octanol–water partition coefficient (Wildman–Crippen LogP) is 2.86. The number of rotatable bonds is 3. The molecule has 0 bridgehead atoms. The van der Waals surface area contributed by atoms with Gasteiger partial charge in [-0.05, 0) is 37.8 Å². The van der Waals surface area contributed by atoms with E-state index in [4.69, 9.17) is 5.73 Å². The lowest BCUT2D eigenvalue weighted by molar-refractivity contribution is 0.0919. The smallest absolute Gasteiger partial charge is 0.257 e. The third-order valence-corrected chi connectivity index (χ3v) is 3.81. The maximum atomic E-state index is 13.7. The van der Waals surface area contributed by atoms with Gasteiger partial charge in [0.1, 0.15) is 11.4 Å². The van der Waals surface area contributed by atoms with Gasteiger partial charge in [-0.3, -0.25) is 4.79 Å². The van der Waals surface area contributed by atoms with Crippen LogP contribution >= 0.6 is 0 Å². The highest BCUT2D eigenvalue weighted by molar-refractivity contribution is 5.95. The average molecular weight is 268 g/mol. The van der Waals surface area contributed by atoms with Crippen LogP contribution in [0.25, 0.3) is 0 Å². The van der Waals surface area contributed by atoms with E-state index in [0.717, 1.165) is 37.8 Å². The number of benzene rings is 1. The molecule has 3 nitrogen and oxygen atoms in total. The number of carbonyl (C=O) groups excluding carboxylic acids is 1. The third-order valence-electron chi connectivity index (χ3n) is 3.81. The summed E-state index contributed by atoms with van der Waals surface area (Å²) >= 11 is 0. The summed E-state index contributed by atoms with van der Waals surface area (Å²) in [5, 5.41) is 2.67. The van der Waals surface area contributed by atoms with Crippen LogP contribution in [0.4, 0.5) is 14.5 Å². The summed E-state index contributed by atoms with van der Waals surface area (Å²) in [5.74, 6) is -2.23. The summed E-state index contributed by atoms with van der Waals surface area (Å²) in [6, 6.07) is 2.03. The van der Waals surface area contributed by atoms with Gasteiger partial charge >= 0.3 is 0 Å². The Bertz CT molecular complexity index is 485. The highest BCUT2D eigenvalue weighted by Gasteiger charge is 2.26. The molecule has 104 valence electrons. The summed E-state index contributed by atoms with van der Waals surface area (Å²) in [5.41, 5.74) is 4.54. The molecule has 0 spiro atoms. The molecule has 19 heavy (non-hydrogen) atoms. The van der Waals surface area contributed by atoms with E-state index in [2.05, 4.69) is 5.32 Å². The Morgan fingerprint density at radius 1 is 1.37 bits per heavy atom. The van der Waals surface area contributed by atoms with E-state index in [1.807, 2.05) is 6.92 Å². The minimum Gasteiger partial charge on any atom is -0.396 e. The molecule has 1 atom stereocenters. The molecule has 1 unspecified atom stereocenters. The summed E-state index contributed by atoms with van der Waals surface area (Å²) in [7, 11) is 0. The molecule has 3 N–H and O–H groups in total. The summed E-state index contributed by atoms with van der Waals surface area (Å²) < 4.78 is 27.3. The summed E-state index contributed by atoms with van der Waals surface area (Å²) in [4.78, 5) is 12.0. The van der Waals surface area contributed by atoms with Gasteiger partial charge in [0, 0.05) is 6.04 Å². The third kappa shape index (κ3) is 2.85. The van der Waals surface area contributed by atoms with Crippen LogP contribution in [0.5, 0.6) is 0 Å². The Morgan fingerprint density at radius 2 is 2.00 bits per heavy atom. The van der Waals surface area contributed by atoms with Crippen molar-refractivity contribution in [3.8, 4) is 0 Å². The van der Waals surface area contributed by atoms with Gasteiger partial charge < -0.3 is 11.1 Å². The first kappa shape index (κ1) is 13.8. The van der Waals surface area contributed by atoms with Crippen molar-refractivity contribution in [2.24, 2.45) is 5.92 Å². The normalized spacial score (nSPS) is 17.4. The van der Waals surface area contributed by atoms with E-state index < -0.39 is 23.1 Å². The Morgan fingerprint density at radius 3 is 2.63 bits per heavy atom. The fourth-order valence-corrected chi connectivity index (χ4v) is 2.63. The van der Waals surface area contributed by atoms with Crippen molar-refractivity contribution in [1.29, 1.82) is 0 Å². The molecule has 1 saturated carbocycles. The van der Waals surface area contributed by atoms with Gasteiger partial charge in [0.2, 0.25) is 0 Å². The maximum absolute atomic E-state index is 13.7. The van der Waals surface area contributed by atoms with Gasteiger partial charge in [-0.2, -0.15) is 0 Å². The SMILES string of the molecule is CC(NC(=O)c1c(F)ccc(N)c1F)C1CCCC1. The molecule has 0 aromatic heterocycles. The second kappa shape index (κ2) is 5.55. The number of nitrogen functional groups attached to an aromatic ring is 1. The van der Waals surface area contributed by atoms with Crippen molar-refractivity contribution in [3.05, 3.63) is 29.3 Å². The van der Waals surface area contributed by atoms with Gasteiger partial charge in [0.05, 0.1) is 5.69 Å². The number of hydrogen-bond donors (Lipinski definition) is 2. The van der Waals surface area contributed by atoms with Gasteiger partial charge in [-0.15, -0.1) is 0 Å². The van der Waals surface area contributed by atoms with Crippen molar-refractivity contribution < 1.29 is 13.6 Å². The van der Waals surface area contributed by atoms with Crippen LogP contribution in [-0.2, 0) is 0 Å². The van der Waals surface area contributed by atoms with E-state index in [-0.39, 0.29) is 11.7 Å². The highest BCUT2D eigenvalue weighted by Crippen LogP contribution is 2.28. The zero-order valence-corrected chi connectivity index (χ0v) is 10.9. The van der Waals surface area contributed by atoms with Crippen LogP contribution in [0, 0.1) is 17.6 Å². The summed E-state index contributed by atoms with van der Waals surface area (Å²) in [6.07, 6.45) is 4.38. The molecule has 0 radical (unpaired) electrons. The molecule has 0 saturated heterocycles. The molecule has 0 heterocycles. The Kier molecular flexibility index (Phi) is 4.02. The summed E-state index contributed by atoms with van der Waals surface area (Å²) in [6.45, 7) is 1.87. The van der Waals surface area contributed by atoms with E-state index in [9.17, 15) is 13.6 Å². The van der Waals surface area contributed by atoms with Crippen molar-refractivity contribution in [3.63, 3.8) is 0 Å². The van der Waals surface area contributed by atoms with Gasteiger partial charge in [-0.25, -0.2) is 8.78 Å². The van der Waals surface area contributed by atoms with Gasteiger partial charge in [0.25, 0.3) is 5.91 Å². The fourth-order valence-electron chi connectivity index (χ4n) is 2.63. The van der Waals surface area contributed by atoms with Gasteiger partial charge in [-0.1, -0.05) is 12.8 Å². The minimum absolute atomic E-state index is 0.0877. The monoisotopic (exact) mass is 268 g/mol. The number of hydrogen-bond acceptors (Lipinski definition) is 2. The van der Waals surface area contributed by atoms with E-state index in [1.54, 1.807) is 0 Å². The first-order chi connectivity index (χ1) is 9.00. The zero-order valence-electron chi connectivity index (χ0n) is 10.9. The van der Waals surface area contributed by atoms with Crippen LogP contribution in [0.1, 0.15) is 43.0 Å². The molecule has 1 aromatic rings. The lowest BCUT2D eigenvalue weighted by Gasteiger charge is -2.20. The molecule has 0 aliphatic heterocycles. The van der Waals surface area contributed by atoms with Crippen molar-refractivity contribution in [1.82, 2.24) is 5.32 Å². The molecular formula is C14H18F2N2O. The fraction of sp³-hybridized carbons (Fsp3) is 0.500. The molecule has 1 aromatic carbocycles. The van der Waals surface area contributed by atoms with E-state index in [1.165, 1.54) is 0 Å². The second-order valence-corrected chi connectivity index (χ2v) is 5.13. The zero-order chi connectivity index (χ0) is 14.0. The van der Waals surface area contributed by atoms with Crippen LogP contribution < -0.4 is 11.1 Å². The number of halogens is 2. The van der Waals surface area contributed by atoms with Crippen molar-refractivity contribution in [2.45, 2.75) is 38.6 Å². The quantitative estimate of drug-likeness (QED) is 0.828. The lowest BCUT2D eigenvalue weighted by Crippen LogP contribution is -2.38. The van der Waals surface area contributed by atoms with Crippen LogP contribution in [0.3, 0.4) is 0 Å². The molecular weight excluding hydrogens is 250 g/mol. The predicted molar refractivity (Wildman–Crippen MR) is 69.7 cm³/mol. The Labute approximate surface area is 111 Å². The number of anilines is 1. The standard InChI is InChI=1S/C14H18F2N2O/c1-8(9-4-2-3-5-9)18-14(19)12-10(15)6-7-11(17)13(12)16/h6-9H,2-5,17H2,1H3,(H,18,19). The second-order valence-electron chi connectivity index (χ2n) is 5.13. The largest absolute Gasteiger partial charge is 0.396 e. The number of nitrogens with one attached hydrogen (secondary N) is 1. The molecule has 1 fully saturated rings. The van der Waals surface area contributed by atoms with Crippen molar-refractivity contribution in [2.75, 3.05) is 5.73 Å². The molecule has 1 amide bonds. The van der Waals surface area contributed by atoms with Gasteiger partial charge in [0.15, 0.2) is 5.82 Å². The average Bonchev–Trinajstić information content (AvgIpc) is 2.88. The van der Waals surface area contributed by atoms with Crippen molar-refractivity contribution >= 4 is 11.6 Å². The minimum atomic E-state index is -0.990. The van der Waals surface area contributed by atoms with E-state index >= 15 is 0 Å². The topological polar surface area (TPSA) is 55.1 Å². The highest BCUT2D eigenvalue weighted by atomic mass is 19.1. The number of nitrogens with two attached hydrogens (primary N) is 1. The number of amides is 1. The Balaban J connectivity index is 2.13. The first-order valence-electron chi connectivity index (χ1n) is 6.55. The molecule has 1 aliphatic carbocycles. The first-order valence-corrected chi connectivity index (χ1v) is 6.55. The maximum Gasteiger partial charge on any atom is 0.257 e. The Hall–Kier alpha value is -1.65. The van der Waals surface area contributed by atoms with Crippen LogP contribution in [-0.4, -0.2) is 11.9 Å².